The summed E-state index contributed by atoms with van der Waals surface area (Å²) in [5.41, 5.74) is 0. The Morgan fingerprint density at radius 1 is 1.50 bits per heavy atom. The molecule has 0 amide bonds. The fraction of sp³-hybridized carbons (Fsp3) is 0.692. The molecule has 0 radical (unpaired) electrons. The fourth-order valence-corrected chi connectivity index (χ4v) is 5.54. The van der Waals surface area contributed by atoms with Gasteiger partial charge in [-0.05, 0) is 39.9 Å². The van der Waals surface area contributed by atoms with E-state index in [1.165, 1.54) is 11.3 Å². The lowest BCUT2D eigenvalue weighted by molar-refractivity contribution is 0.190. The lowest BCUT2D eigenvalue weighted by Crippen LogP contribution is -2.47. The third-order valence-electron chi connectivity index (χ3n) is 3.79. The maximum Gasteiger partial charge on any atom is 0.244 e. The zero-order valence-corrected chi connectivity index (χ0v) is 13.8. The van der Waals surface area contributed by atoms with Gasteiger partial charge in [0.15, 0.2) is 0 Å². The van der Waals surface area contributed by atoms with Crippen LogP contribution in [0.3, 0.4) is 0 Å². The van der Waals surface area contributed by atoms with E-state index in [0.29, 0.717) is 22.9 Å². The van der Waals surface area contributed by atoms with E-state index in [9.17, 15) is 8.42 Å². The van der Waals surface area contributed by atoms with Gasteiger partial charge in [0, 0.05) is 28.9 Å². The van der Waals surface area contributed by atoms with E-state index >= 15 is 0 Å². The van der Waals surface area contributed by atoms with Gasteiger partial charge in [-0.15, -0.1) is 11.3 Å². The SMILES string of the molecule is Cc1sc(CO)cc1S(=O)(=O)N1CCCC(N(C)C)C1. The molecule has 1 aliphatic rings. The normalized spacial score (nSPS) is 21.6. The molecule has 1 aromatic heterocycles. The molecule has 1 N–H and O–H groups in total. The molecular weight excluding hydrogens is 296 g/mol. The van der Waals surface area contributed by atoms with Gasteiger partial charge in [-0.2, -0.15) is 4.31 Å². The highest BCUT2D eigenvalue weighted by Gasteiger charge is 2.32. The first-order valence-electron chi connectivity index (χ1n) is 6.73. The number of sulfonamides is 1. The summed E-state index contributed by atoms with van der Waals surface area (Å²) in [4.78, 5) is 3.88. The van der Waals surface area contributed by atoms with E-state index in [4.69, 9.17) is 5.11 Å². The molecule has 1 aliphatic heterocycles. The summed E-state index contributed by atoms with van der Waals surface area (Å²) in [6, 6.07) is 1.88. The predicted octanol–water partition coefficient (Wildman–Crippen LogP) is 1.26. The van der Waals surface area contributed by atoms with Gasteiger partial charge in [0.05, 0.1) is 11.5 Å². The second kappa shape index (κ2) is 6.11. The monoisotopic (exact) mass is 318 g/mol. The van der Waals surface area contributed by atoms with E-state index in [-0.39, 0.29) is 12.6 Å². The van der Waals surface area contributed by atoms with Crippen molar-refractivity contribution in [2.24, 2.45) is 0 Å². The molecule has 20 heavy (non-hydrogen) atoms. The number of aryl methyl sites for hydroxylation is 1. The van der Waals surface area contributed by atoms with Crippen LogP contribution in [0.1, 0.15) is 22.6 Å². The fourth-order valence-electron chi connectivity index (χ4n) is 2.56. The van der Waals surface area contributed by atoms with Crippen molar-refractivity contribution in [2.75, 3.05) is 27.2 Å². The first-order valence-corrected chi connectivity index (χ1v) is 8.98. The van der Waals surface area contributed by atoms with Crippen LogP contribution in [0.2, 0.25) is 0 Å². The second-order valence-electron chi connectivity index (χ2n) is 5.41. The molecule has 7 heteroatoms. The highest BCUT2D eigenvalue weighted by molar-refractivity contribution is 7.89. The number of aliphatic hydroxyl groups excluding tert-OH is 1. The number of hydrogen-bond donors (Lipinski definition) is 1. The van der Waals surface area contributed by atoms with Crippen LogP contribution < -0.4 is 0 Å². The highest BCUT2D eigenvalue weighted by atomic mass is 32.2. The third kappa shape index (κ3) is 3.07. The molecule has 0 aliphatic carbocycles. The maximum absolute atomic E-state index is 12.7. The minimum Gasteiger partial charge on any atom is -0.391 e. The topological polar surface area (TPSA) is 60.9 Å². The van der Waals surface area contributed by atoms with Gasteiger partial charge in [0.25, 0.3) is 0 Å². The second-order valence-corrected chi connectivity index (χ2v) is 8.66. The van der Waals surface area contributed by atoms with Gasteiger partial charge in [0.2, 0.25) is 10.0 Å². The van der Waals surface area contributed by atoms with Crippen molar-refractivity contribution in [3.63, 3.8) is 0 Å². The van der Waals surface area contributed by atoms with Gasteiger partial charge >= 0.3 is 0 Å². The number of aliphatic hydroxyl groups is 1. The minimum atomic E-state index is -3.44. The average Bonchev–Trinajstić information content (AvgIpc) is 2.81. The van der Waals surface area contributed by atoms with E-state index < -0.39 is 10.0 Å². The van der Waals surface area contributed by atoms with Crippen LogP contribution >= 0.6 is 11.3 Å². The van der Waals surface area contributed by atoms with Crippen LogP contribution in [-0.4, -0.2) is 56.0 Å². The van der Waals surface area contributed by atoms with Gasteiger partial charge in [-0.3, -0.25) is 0 Å². The summed E-state index contributed by atoms with van der Waals surface area (Å²) in [7, 11) is 0.531. The van der Waals surface area contributed by atoms with Gasteiger partial charge in [0.1, 0.15) is 0 Å². The molecule has 1 aromatic rings. The molecule has 1 unspecified atom stereocenters. The molecule has 0 saturated carbocycles. The van der Waals surface area contributed by atoms with Crippen molar-refractivity contribution >= 4 is 21.4 Å². The van der Waals surface area contributed by atoms with Crippen molar-refractivity contribution in [1.29, 1.82) is 0 Å². The lowest BCUT2D eigenvalue weighted by Gasteiger charge is -2.35. The van der Waals surface area contributed by atoms with Crippen LogP contribution in [0.5, 0.6) is 0 Å². The van der Waals surface area contributed by atoms with Gasteiger partial charge in [-0.25, -0.2) is 8.42 Å². The van der Waals surface area contributed by atoms with Crippen molar-refractivity contribution in [3.05, 3.63) is 15.8 Å². The molecule has 114 valence electrons. The number of likely N-dealkylation sites (N-methyl/N-ethyl adjacent to an activating group) is 1. The Labute approximate surface area is 124 Å². The first-order chi connectivity index (χ1) is 9.36. The van der Waals surface area contributed by atoms with Crippen molar-refractivity contribution in [1.82, 2.24) is 9.21 Å². The molecule has 0 aromatic carbocycles. The molecule has 2 rings (SSSR count). The Morgan fingerprint density at radius 3 is 2.75 bits per heavy atom. The Kier molecular flexibility index (Phi) is 4.86. The third-order valence-corrected chi connectivity index (χ3v) is 6.94. The summed E-state index contributed by atoms with van der Waals surface area (Å²) in [5, 5.41) is 9.16. The van der Waals surface area contributed by atoms with E-state index in [2.05, 4.69) is 4.90 Å². The Morgan fingerprint density at radius 2 is 2.20 bits per heavy atom. The van der Waals surface area contributed by atoms with Crippen molar-refractivity contribution in [2.45, 2.75) is 37.3 Å². The zero-order chi connectivity index (χ0) is 14.9. The Hall–Kier alpha value is -0.470. The summed E-state index contributed by atoms with van der Waals surface area (Å²) in [6.45, 7) is 2.81. The maximum atomic E-state index is 12.7. The summed E-state index contributed by atoms with van der Waals surface area (Å²) in [5.74, 6) is 0. The van der Waals surface area contributed by atoms with E-state index in [0.717, 1.165) is 17.7 Å². The molecule has 1 saturated heterocycles. The number of hydrogen-bond acceptors (Lipinski definition) is 5. The van der Waals surface area contributed by atoms with Crippen LogP contribution in [0.15, 0.2) is 11.0 Å². The lowest BCUT2D eigenvalue weighted by atomic mass is 10.1. The molecule has 5 nitrogen and oxygen atoms in total. The van der Waals surface area contributed by atoms with Crippen molar-refractivity contribution < 1.29 is 13.5 Å². The van der Waals surface area contributed by atoms with Crippen molar-refractivity contribution in [3.8, 4) is 0 Å². The molecule has 1 atom stereocenters. The molecule has 1 fully saturated rings. The van der Waals surface area contributed by atoms with Crippen LogP contribution in [0.4, 0.5) is 0 Å². The standard InChI is InChI=1S/C13H22N2O3S2/c1-10-13(7-12(9-16)19-10)20(17,18)15-6-4-5-11(8-15)14(2)3/h7,11,16H,4-6,8-9H2,1-3H3. The number of rotatable bonds is 4. The van der Waals surface area contributed by atoms with Gasteiger partial charge in [-0.1, -0.05) is 0 Å². The first kappa shape index (κ1) is 15.9. The van der Waals surface area contributed by atoms with Crippen LogP contribution in [-0.2, 0) is 16.6 Å². The van der Waals surface area contributed by atoms with E-state index in [1.807, 2.05) is 14.1 Å². The Balaban J connectivity index is 2.27. The van der Waals surface area contributed by atoms with E-state index in [1.54, 1.807) is 17.3 Å². The largest absolute Gasteiger partial charge is 0.391 e. The summed E-state index contributed by atoms with van der Waals surface area (Å²) < 4.78 is 27.1. The average molecular weight is 318 g/mol. The van der Waals surface area contributed by atoms with Gasteiger partial charge < -0.3 is 10.0 Å². The molecule has 2 heterocycles. The summed E-state index contributed by atoms with van der Waals surface area (Å²) in [6.07, 6.45) is 1.92. The number of nitrogens with zero attached hydrogens (tertiary/aromatic N) is 2. The molecule has 0 bridgehead atoms. The molecular formula is C13H22N2O3S2. The zero-order valence-electron chi connectivity index (χ0n) is 12.2. The Bertz CT molecular complexity index is 566. The minimum absolute atomic E-state index is 0.110. The number of piperidine rings is 1. The highest BCUT2D eigenvalue weighted by Crippen LogP contribution is 2.30. The van der Waals surface area contributed by atoms with Crippen LogP contribution in [0, 0.1) is 6.92 Å². The predicted molar refractivity (Wildman–Crippen MR) is 80.4 cm³/mol. The number of thiophene rings is 1. The smallest absolute Gasteiger partial charge is 0.244 e. The summed E-state index contributed by atoms with van der Waals surface area (Å²) >= 11 is 1.35. The quantitative estimate of drug-likeness (QED) is 0.908. The van der Waals surface area contributed by atoms with Crippen LogP contribution in [0.25, 0.3) is 0 Å². The molecule has 0 spiro atoms.